The highest BCUT2D eigenvalue weighted by atomic mass is 19.1. The number of aryl methyl sites for hydroxylation is 1. The maximum Gasteiger partial charge on any atom is 0.147 e. The predicted octanol–water partition coefficient (Wildman–Crippen LogP) is 4.18. The SMILES string of the molecule is CCC(N)Cc1ccc(N(C)c2ccc(C)cc2)c(F)c1. The number of benzene rings is 2. The van der Waals surface area contributed by atoms with Gasteiger partial charge in [-0.05, 0) is 49.6 Å². The highest BCUT2D eigenvalue weighted by Crippen LogP contribution is 2.27. The Hall–Kier alpha value is -1.87. The van der Waals surface area contributed by atoms with E-state index in [1.165, 1.54) is 5.56 Å². The summed E-state index contributed by atoms with van der Waals surface area (Å²) < 4.78 is 14.3. The molecular weight excluding hydrogens is 263 g/mol. The van der Waals surface area contributed by atoms with E-state index < -0.39 is 0 Å². The molecule has 3 heteroatoms. The van der Waals surface area contributed by atoms with E-state index >= 15 is 0 Å². The Morgan fingerprint density at radius 1 is 1.14 bits per heavy atom. The van der Waals surface area contributed by atoms with Crippen molar-refractivity contribution in [3.63, 3.8) is 0 Å². The standard InChI is InChI=1S/C18H23FN2/c1-4-15(20)11-14-7-10-18(17(19)12-14)21(3)16-8-5-13(2)6-9-16/h5-10,12,15H,4,11,20H2,1-3H3. The lowest BCUT2D eigenvalue weighted by Crippen LogP contribution is -2.21. The Labute approximate surface area is 126 Å². The molecule has 0 amide bonds. The first-order valence-electron chi connectivity index (χ1n) is 7.35. The van der Waals surface area contributed by atoms with E-state index in [9.17, 15) is 4.39 Å². The smallest absolute Gasteiger partial charge is 0.147 e. The molecule has 0 aliphatic carbocycles. The quantitative estimate of drug-likeness (QED) is 0.893. The Morgan fingerprint density at radius 3 is 2.38 bits per heavy atom. The van der Waals surface area contributed by atoms with Crippen molar-refractivity contribution < 1.29 is 4.39 Å². The fraction of sp³-hybridized carbons (Fsp3) is 0.333. The van der Waals surface area contributed by atoms with Crippen molar-refractivity contribution in [3.8, 4) is 0 Å². The monoisotopic (exact) mass is 286 g/mol. The van der Waals surface area contributed by atoms with Gasteiger partial charge in [0.2, 0.25) is 0 Å². The molecule has 0 spiro atoms. The van der Waals surface area contributed by atoms with Crippen LogP contribution in [0.3, 0.4) is 0 Å². The third kappa shape index (κ3) is 3.82. The van der Waals surface area contributed by atoms with Gasteiger partial charge in [-0.1, -0.05) is 30.7 Å². The number of nitrogens with zero attached hydrogens (tertiary/aromatic N) is 1. The van der Waals surface area contributed by atoms with Crippen LogP contribution in [0.15, 0.2) is 42.5 Å². The molecular formula is C18H23FN2. The summed E-state index contributed by atoms with van der Waals surface area (Å²) in [6.45, 7) is 4.08. The fourth-order valence-electron chi connectivity index (χ4n) is 2.30. The van der Waals surface area contributed by atoms with Crippen LogP contribution in [-0.4, -0.2) is 13.1 Å². The first kappa shape index (κ1) is 15.5. The minimum Gasteiger partial charge on any atom is -0.342 e. The van der Waals surface area contributed by atoms with E-state index in [4.69, 9.17) is 5.73 Å². The first-order chi connectivity index (χ1) is 10.0. The Kier molecular flexibility index (Phi) is 4.97. The highest BCUT2D eigenvalue weighted by molar-refractivity contribution is 5.63. The molecule has 0 aliphatic rings. The molecule has 2 aromatic rings. The van der Waals surface area contributed by atoms with Crippen LogP contribution in [0.25, 0.3) is 0 Å². The van der Waals surface area contributed by atoms with Crippen molar-refractivity contribution in [1.29, 1.82) is 0 Å². The van der Waals surface area contributed by atoms with Crippen molar-refractivity contribution in [2.75, 3.05) is 11.9 Å². The topological polar surface area (TPSA) is 29.3 Å². The van der Waals surface area contributed by atoms with Crippen LogP contribution in [0.5, 0.6) is 0 Å². The molecule has 0 saturated carbocycles. The van der Waals surface area contributed by atoms with Gasteiger partial charge in [0, 0.05) is 18.8 Å². The number of hydrogen-bond donors (Lipinski definition) is 1. The molecule has 2 aromatic carbocycles. The van der Waals surface area contributed by atoms with Crippen molar-refractivity contribution in [1.82, 2.24) is 0 Å². The van der Waals surface area contributed by atoms with E-state index in [1.807, 2.05) is 62.2 Å². The molecule has 0 heterocycles. The van der Waals surface area contributed by atoms with Crippen LogP contribution in [0.1, 0.15) is 24.5 Å². The predicted molar refractivity (Wildman–Crippen MR) is 87.6 cm³/mol. The Morgan fingerprint density at radius 2 is 1.81 bits per heavy atom. The molecule has 0 aromatic heterocycles. The number of nitrogens with two attached hydrogens (primary N) is 1. The van der Waals surface area contributed by atoms with Gasteiger partial charge in [0.05, 0.1) is 5.69 Å². The van der Waals surface area contributed by atoms with Crippen molar-refractivity contribution >= 4 is 11.4 Å². The summed E-state index contributed by atoms with van der Waals surface area (Å²) in [6.07, 6.45) is 1.61. The van der Waals surface area contributed by atoms with E-state index in [0.29, 0.717) is 12.1 Å². The summed E-state index contributed by atoms with van der Waals surface area (Å²) in [4.78, 5) is 1.86. The molecule has 0 fully saturated rings. The second kappa shape index (κ2) is 6.72. The lowest BCUT2D eigenvalue weighted by atomic mass is 10.0. The van der Waals surface area contributed by atoms with E-state index in [1.54, 1.807) is 6.07 Å². The minimum absolute atomic E-state index is 0.0880. The van der Waals surface area contributed by atoms with E-state index in [2.05, 4.69) is 0 Å². The number of halogens is 1. The van der Waals surface area contributed by atoms with Crippen LogP contribution in [0.4, 0.5) is 15.8 Å². The molecule has 21 heavy (non-hydrogen) atoms. The fourth-order valence-corrected chi connectivity index (χ4v) is 2.30. The average Bonchev–Trinajstić information content (AvgIpc) is 2.47. The van der Waals surface area contributed by atoms with E-state index in [0.717, 1.165) is 17.7 Å². The van der Waals surface area contributed by atoms with Crippen LogP contribution >= 0.6 is 0 Å². The molecule has 2 nitrogen and oxygen atoms in total. The first-order valence-corrected chi connectivity index (χ1v) is 7.35. The summed E-state index contributed by atoms with van der Waals surface area (Å²) in [7, 11) is 1.88. The molecule has 1 atom stereocenters. The van der Waals surface area contributed by atoms with Gasteiger partial charge in [0.1, 0.15) is 5.82 Å². The normalized spacial score (nSPS) is 12.2. The van der Waals surface area contributed by atoms with Gasteiger partial charge in [-0.15, -0.1) is 0 Å². The summed E-state index contributed by atoms with van der Waals surface area (Å²) in [5, 5.41) is 0. The van der Waals surface area contributed by atoms with Gasteiger partial charge in [-0.2, -0.15) is 0 Å². The number of hydrogen-bond acceptors (Lipinski definition) is 2. The van der Waals surface area contributed by atoms with Crippen molar-refractivity contribution in [2.45, 2.75) is 32.7 Å². The van der Waals surface area contributed by atoms with Gasteiger partial charge in [-0.3, -0.25) is 0 Å². The van der Waals surface area contributed by atoms with Crippen LogP contribution in [-0.2, 0) is 6.42 Å². The van der Waals surface area contributed by atoms with Crippen LogP contribution < -0.4 is 10.6 Å². The molecule has 112 valence electrons. The largest absolute Gasteiger partial charge is 0.342 e. The van der Waals surface area contributed by atoms with Gasteiger partial charge in [-0.25, -0.2) is 4.39 Å². The Bertz CT molecular complexity index is 593. The lowest BCUT2D eigenvalue weighted by Gasteiger charge is -2.21. The molecule has 2 N–H and O–H groups in total. The zero-order valence-corrected chi connectivity index (χ0v) is 12.9. The molecule has 0 aliphatic heterocycles. The summed E-state index contributed by atoms with van der Waals surface area (Å²) in [5.41, 5.74) is 9.61. The third-order valence-electron chi connectivity index (χ3n) is 3.82. The minimum atomic E-state index is -0.209. The summed E-state index contributed by atoms with van der Waals surface area (Å²) in [6, 6.07) is 13.5. The maximum atomic E-state index is 14.3. The summed E-state index contributed by atoms with van der Waals surface area (Å²) >= 11 is 0. The molecule has 0 radical (unpaired) electrons. The number of anilines is 2. The second-order valence-electron chi connectivity index (χ2n) is 5.55. The van der Waals surface area contributed by atoms with Crippen molar-refractivity contribution in [3.05, 3.63) is 59.4 Å². The van der Waals surface area contributed by atoms with Gasteiger partial charge in [0.15, 0.2) is 0 Å². The second-order valence-corrected chi connectivity index (χ2v) is 5.55. The number of rotatable bonds is 5. The third-order valence-corrected chi connectivity index (χ3v) is 3.82. The van der Waals surface area contributed by atoms with E-state index in [-0.39, 0.29) is 11.9 Å². The molecule has 0 bridgehead atoms. The zero-order valence-electron chi connectivity index (χ0n) is 12.9. The molecule has 1 unspecified atom stereocenters. The van der Waals surface area contributed by atoms with Crippen molar-refractivity contribution in [2.24, 2.45) is 5.73 Å². The Balaban J connectivity index is 2.22. The zero-order chi connectivity index (χ0) is 15.4. The van der Waals surface area contributed by atoms with Gasteiger partial charge < -0.3 is 10.6 Å². The lowest BCUT2D eigenvalue weighted by molar-refractivity contribution is 0.614. The van der Waals surface area contributed by atoms with Gasteiger partial charge in [0.25, 0.3) is 0 Å². The molecule has 2 rings (SSSR count). The molecule has 0 saturated heterocycles. The highest BCUT2D eigenvalue weighted by Gasteiger charge is 2.11. The van der Waals surface area contributed by atoms with Crippen LogP contribution in [0, 0.1) is 12.7 Å². The average molecular weight is 286 g/mol. The summed E-state index contributed by atoms with van der Waals surface area (Å²) in [5.74, 6) is -0.209. The maximum absolute atomic E-state index is 14.3. The van der Waals surface area contributed by atoms with Crippen LogP contribution in [0.2, 0.25) is 0 Å². The van der Waals surface area contributed by atoms with Gasteiger partial charge >= 0.3 is 0 Å².